The SMILES string of the molecule is C=C(C(=N)N)N1Cc2ccccc2C(c2cnn(C)c2C)C1. The van der Waals surface area contributed by atoms with Crippen molar-refractivity contribution in [1.82, 2.24) is 14.7 Å². The van der Waals surface area contributed by atoms with E-state index in [1.807, 2.05) is 24.0 Å². The van der Waals surface area contributed by atoms with Gasteiger partial charge < -0.3 is 10.6 Å². The quantitative estimate of drug-likeness (QED) is 0.673. The van der Waals surface area contributed by atoms with Crippen molar-refractivity contribution in [2.45, 2.75) is 19.4 Å². The molecule has 114 valence electrons. The van der Waals surface area contributed by atoms with Gasteiger partial charge in [0.05, 0.1) is 11.9 Å². The van der Waals surface area contributed by atoms with Crippen LogP contribution in [0.4, 0.5) is 0 Å². The number of fused-ring (bicyclic) bond motifs is 1. The molecular formula is C17H21N5. The van der Waals surface area contributed by atoms with Crippen LogP contribution in [0.15, 0.2) is 42.7 Å². The van der Waals surface area contributed by atoms with Gasteiger partial charge in [-0.3, -0.25) is 10.1 Å². The molecule has 2 aromatic rings. The van der Waals surface area contributed by atoms with Crippen LogP contribution in [0.2, 0.25) is 0 Å². The maximum absolute atomic E-state index is 7.66. The van der Waals surface area contributed by atoms with Gasteiger partial charge >= 0.3 is 0 Å². The third kappa shape index (κ3) is 2.28. The summed E-state index contributed by atoms with van der Waals surface area (Å²) in [5, 5.41) is 12.0. The molecule has 0 radical (unpaired) electrons. The van der Waals surface area contributed by atoms with Gasteiger partial charge in [-0.25, -0.2) is 0 Å². The zero-order valence-electron chi connectivity index (χ0n) is 13.0. The van der Waals surface area contributed by atoms with Gasteiger partial charge in [-0.1, -0.05) is 30.8 Å². The molecule has 5 nitrogen and oxygen atoms in total. The number of aromatic nitrogens is 2. The second-order valence-electron chi connectivity index (χ2n) is 5.80. The molecule has 0 fully saturated rings. The fourth-order valence-corrected chi connectivity index (χ4v) is 3.11. The third-order valence-corrected chi connectivity index (χ3v) is 4.54. The van der Waals surface area contributed by atoms with Crippen LogP contribution < -0.4 is 5.73 Å². The van der Waals surface area contributed by atoms with Gasteiger partial charge in [0.15, 0.2) is 0 Å². The molecule has 2 heterocycles. The number of aryl methyl sites for hydroxylation is 1. The summed E-state index contributed by atoms with van der Waals surface area (Å²) in [6, 6.07) is 8.44. The second-order valence-corrected chi connectivity index (χ2v) is 5.80. The fraction of sp³-hybridized carbons (Fsp3) is 0.294. The van der Waals surface area contributed by atoms with Crippen LogP contribution in [0.1, 0.15) is 28.3 Å². The van der Waals surface area contributed by atoms with Crippen molar-refractivity contribution in [3.63, 3.8) is 0 Å². The first-order valence-corrected chi connectivity index (χ1v) is 7.33. The van der Waals surface area contributed by atoms with Crippen LogP contribution in [0.5, 0.6) is 0 Å². The Hall–Kier alpha value is -2.56. The Labute approximate surface area is 130 Å². The Bertz CT molecular complexity index is 743. The topological polar surface area (TPSA) is 70.9 Å². The van der Waals surface area contributed by atoms with E-state index in [0.29, 0.717) is 5.70 Å². The lowest BCUT2D eigenvalue weighted by atomic mass is 9.84. The summed E-state index contributed by atoms with van der Waals surface area (Å²) >= 11 is 0. The van der Waals surface area contributed by atoms with Gasteiger partial charge in [-0.15, -0.1) is 0 Å². The normalized spacial score (nSPS) is 17.2. The molecule has 3 rings (SSSR count). The van der Waals surface area contributed by atoms with Crippen LogP contribution in [0.3, 0.4) is 0 Å². The Balaban J connectivity index is 2.06. The van der Waals surface area contributed by atoms with Crippen LogP contribution >= 0.6 is 0 Å². The predicted octanol–water partition coefficient (Wildman–Crippen LogP) is 2.13. The van der Waals surface area contributed by atoms with E-state index in [1.165, 1.54) is 16.7 Å². The molecule has 0 saturated heterocycles. The first-order valence-electron chi connectivity index (χ1n) is 7.33. The molecule has 0 saturated carbocycles. The molecule has 0 aliphatic carbocycles. The molecule has 5 heteroatoms. The van der Waals surface area contributed by atoms with E-state index < -0.39 is 0 Å². The maximum atomic E-state index is 7.66. The summed E-state index contributed by atoms with van der Waals surface area (Å²) in [6.45, 7) is 7.56. The smallest absolute Gasteiger partial charge is 0.138 e. The molecule has 22 heavy (non-hydrogen) atoms. The average Bonchev–Trinajstić information content (AvgIpc) is 2.85. The van der Waals surface area contributed by atoms with E-state index in [1.54, 1.807) is 0 Å². The summed E-state index contributed by atoms with van der Waals surface area (Å²) in [5.41, 5.74) is 11.2. The molecule has 3 N–H and O–H groups in total. The number of nitrogens with zero attached hydrogens (tertiary/aromatic N) is 3. The van der Waals surface area contributed by atoms with Crippen LogP contribution in [-0.4, -0.2) is 27.1 Å². The highest BCUT2D eigenvalue weighted by molar-refractivity contribution is 5.93. The lowest BCUT2D eigenvalue weighted by molar-refractivity contribution is 0.318. The molecule has 0 amide bonds. The van der Waals surface area contributed by atoms with Crippen molar-refractivity contribution in [3.8, 4) is 0 Å². The van der Waals surface area contributed by atoms with Gasteiger partial charge in [0, 0.05) is 37.3 Å². The molecule has 1 atom stereocenters. The van der Waals surface area contributed by atoms with Crippen molar-refractivity contribution in [3.05, 3.63) is 65.1 Å². The minimum Gasteiger partial charge on any atom is -0.382 e. The van der Waals surface area contributed by atoms with Crippen molar-refractivity contribution >= 4 is 5.84 Å². The first kappa shape index (κ1) is 14.4. The number of benzene rings is 1. The standard InChI is InChI=1S/C17H21N5/c1-11-15(8-20-21(11)3)16-10-22(12(2)17(18)19)9-13-6-4-5-7-14(13)16/h4-8,16H,2,9-10H2,1,3H3,(H3,18,19). The van der Waals surface area contributed by atoms with Gasteiger partial charge in [-0.05, 0) is 18.1 Å². The highest BCUT2D eigenvalue weighted by Crippen LogP contribution is 2.35. The van der Waals surface area contributed by atoms with Crippen molar-refractivity contribution in [1.29, 1.82) is 5.41 Å². The first-order chi connectivity index (χ1) is 10.5. The monoisotopic (exact) mass is 295 g/mol. The lowest BCUT2D eigenvalue weighted by Crippen LogP contribution is -2.37. The van der Waals surface area contributed by atoms with Crippen LogP contribution in [0, 0.1) is 12.3 Å². The minimum atomic E-state index is 0.0287. The molecule has 0 bridgehead atoms. The zero-order valence-corrected chi connectivity index (χ0v) is 13.0. The Kier molecular flexibility index (Phi) is 3.48. The number of rotatable bonds is 3. The van der Waals surface area contributed by atoms with Gasteiger partial charge in [0.25, 0.3) is 0 Å². The fourth-order valence-electron chi connectivity index (χ4n) is 3.11. The van der Waals surface area contributed by atoms with E-state index in [2.05, 4.69) is 41.7 Å². The van der Waals surface area contributed by atoms with E-state index in [9.17, 15) is 0 Å². The number of hydrogen-bond acceptors (Lipinski definition) is 3. The Morgan fingerprint density at radius 1 is 1.36 bits per heavy atom. The number of amidine groups is 1. The summed E-state index contributed by atoms with van der Waals surface area (Å²) < 4.78 is 1.90. The van der Waals surface area contributed by atoms with E-state index in [4.69, 9.17) is 11.1 Å². The molecule has 1 aliphatic heterocycles. The Morgan fingerprint density at radius 3 is 2.73 bits per heavy atom. The average molecular weight is 295 g/mol. The van der Waals surface area contributed by atoms with Gasteiger partial charge in [0.2, 0.25) is 0 Å². The molecule has 0 spiro atoms. The molecule has 1 aromatic carbocycles. The maximum Gasteiger partial charge on any atom is 0.138 e. The van der Waals surface area contributed by atoms with Crippen LogP contribution in [-0.2, 0) is 13.6 Å². The van der Waals surface area contributed by atoms with E-state index in [0.717, 1.165) is 18.8 Å². The largest absolute Gasteiger partial charge is 0.382 e. The highest BCUT2D eigenvalue weighted by Gasteiger charge is 2.29. The molecule has 1 aliphatic rings. The second kappa shape index (κ2) is 5.33. The summed E-state index contributed by atoms with van der Waals surface area (Å²) in [5.74, 6) is 0.246. The van der Waals surface area contributed by atoms with Crippen LogP contribution in [0.25, 0.3) is 0 Å². The summed E-state index contributed by atoms with van der Waals surface area (Å²) in [7, 11) is 1.96. The minimum absolute atomic E-state index is 0.0287. The number of nitrogens with two attached hydrogens (primary N) is 1. The zero-order chi connectivity index (χ0) is 15.9. The van der Waals surface area contributed by atoms with Crippen molar-refractivity contribution in [2.75, 3.05) is 6.54 Å². The third-order valence-electron chi connectivity index (χ3n) is 4.54. The van der Waals surface area contributed by atoms with Gasteiger partial charge in [-0.2, -0.15) is 5.10 Å². The summed E-state index contributed by atoms with van der Waals surface area (Å²) in [6.07, 6.45) is 1.94. The predicted molar refractivity (Wildman–Crippen MR) is 87.7 cm³/mol. The van der Waals surface area contributed by atoms with E-state index in [-0.39, 0.29) is 11.8 Å². The highest BCUT2D eigenvalue weighted by atomic mass is 15.3. The number of hydrogen-bond donors (Lipinski definition) is 2. The summed E-state index contributed by atoms with van der Waals surface area (Å²) in [4.78, 5) is 2.09. The van der Waals surface area contributed by atoms with Crippen molar-refractivity contribution < 1.29 is 0 Å². The Morgan fingerprint density at radius 2 is 2.09 bits per heavy atom. The van der Waals surface area contributed by atoms with Gasteiger partial charge in [0.1, 0.15) is 5.84 Å². The van der Waals surface area contributed by atoms with Crippen molar-refractivity contribution in [2.24, 2.45) is 12.8 Å². The number of nitrogens with one attached hydrogen (secondary N) is 1. The molecular weight excluding hydrogens is 274 g/mol. The molecule has 1 unspecified atom stereocenters. The van der Waals surface area contributed by atoms with E-state index >= 15 is 0 Å². The lowest BCUT2D eigenvalue weighted by Gasteiger charge is -2.36. The molecule has 1 aromatic heterocycles.